The highest BCUT2D eigenvalue weighted by Crippen LogP contribution is 2.13. The molecule has 2 N–H and O–H groups in total. The lowest BCUT2D eigenvalue weighted by Crippen LogP contribution is -2.47. The van der Waals surface area contributed by atoms with Gasteiger partial charge in [0.25, 0.3) is 0 Å². The molecule has 1 amide bonds. The van der Waals surface area contributed by atoms with Gasteiger partial charge in [-0.2, -0.15) is 11.8 Å². The first-order valence-electron chi connectivity index (χ1n) is 11.4. The van der Waals surface area contributed by atoms with E-state index >= 15 is 0 Å². The molecule has 0 bridgehead atoms. The Kier molecular flexibility index (Phi) is 16.5. The summed E-state index contributed by atoms with van der Waals surface area (Å²) in [6.45, 7) is 18.7. The van der Waals surface area contributed by atoms with E-state index < -0.39 is 0 Å². The highest BCUT2D eigenvalue weighted by Gasteiger charge is 2.18. The Morgan fingerprint density at radius 3 is 2.13 bits per heavy atom. The molecule has 0 spiro atoms. The third-order valence-corrected chi connectivity index (χ3v) is 5.88. The summed E-state index contributed by atoms with van der Waals surface area (Å²) in [6.07, 6.45) is 13.4. The van der Waals surface area contributed by atoms with Crippen molar-refractivity contribution >= 4 is 17.7 Å². The number of rotatable bonds is 16. The van der Waals surface area contributed by atoms with Crippen LogP contribution in [0.5, 0.6) is 0 Å². The number of hydrogen-bond donors (Lipinski definition) is 2. The minimum absolute atomic E-state index is 0.0754. The average molecular weight is 435 g/mol. The quantitative estimate of drug-likeness (QED) is 0.204. The van der Waals surface area contributed by atoms with Gasteiger partial charge in [0.05, 0.1) is 0 Å². The number of carbonyl (C=O) groups excluding carboxylic acids is 1. The van der Waals surface area contributed by atoms with E-state index in [-0.39, 0.29) is 18.0 Å². The fraction of sp³-hybridized carbons (Fsp3) is 0.654. The van der Waals surface area contributed by atoms with Gasteiger partial charge in [-0.25, -0.2) is 0 Å². The molecule has 30 heavy (non-hydrogen) atoms. The van der Waals surface area contributed by atoms with Crippen molar-refractivity contribution in [3.63, 3.8) is 0 Å². The standard InChI is InChI=1S/C26H46N2OS/c1-9-12-25(27-21(4)5)26(29)28-24(8)19-30-18-17-23(7)16-11-15-22(6)14-10-13-20(2)3/h13,15,17,24-25,27H,4,9-12,14,16,18-19H2,1-3,5-8H3,(H,28,29)/b22-15+,23-17+. The summed E-state index contributed by atoms with van der Waals surface area (Å²) in [5.41, 5.74) is 5.17. The fourth-order valence-corrected chi connectivity index (χ4v) is 4.00. The molecule has 0 saturated heterocycles. The van der Waals surface area contributed by atoms with E-state index in [4.69, 9.17) is 0 Å². The number of amides is 1. The van der Waals surface area contributed by atoms with E-state index in [1.165, 1.54) is 16.7 Å². The third-order valence-electron chi connectivity index (χ3n) is 4.74. The van der Waals surface area contributed by atoms with Crippen LogP contribution in [-0.4, -0.2) is 29.5 Å². The molecule has 0 aliphatic rings. The van der Waals surface area contributed by atoms with Crippen molar-refractivity contribution in [3.8, 4) is 0 Å². The number of carbonyl (C=O) groups is 1. The van der Waals surface area contributed by atoms with E-state index in [0.717, 1.165) is 55.7 Å². The van der Waals surface area contributed by atoms with Crippen LogP contribution in [0, 0.1) is 0 Å². The van der Waals surface area contributed by atoms with E-state index in [1.54, 1.807) is 0 Å². The number of allylic oxidation sites excluding steroid dienone is 6. The molecule has 3 nitrogen and oxygen atoms in total. The van der Waals surface area contributed by atoms with Crippen LogP contribution in [0.3, 0.4) is 0 Å². The molecule has 0 heterocycles. The maximum Gasteiger partial charge on any atom is 0.242 e. The van der Waals surface area contributed by atoms with Crippen molar-refractivity contribution < 1.29 is 4.79 Å². The van der Waals surface area contributed by atoms with Crippen LogP contribution in [0.1, 0.15) is 87.0 Å². The van der Waals surface area contributed by atoms with Crippen LogP contribution >= 0.6 is 11.8 Å². The Balaban J connectivity index is 4.15. The Labute approximate surface area is 190 Å². The molecule has 0 saturated carbocycles. The Hall–Kier alpha value is -1.42. The predicted molar refractivity (Wildman–Crippen MR) is 137 cm³/mol. The summed E-state index contributed by atoms with van der Waals surface area (Å²) in [5.74, 6) is 1.99. The van der Waals surface area contributed by atoms with Crippen LogP contribution in [0.4, 0.5) is 0 Å². The van der Waals surface area contributed by atoms with Crippen molar-refractivity contribution in [2.24, 2.45) is 0 Å². The van der Waals surface area contributed by atoms with Gasteiger partial charge in [0, 0.05) is 23.2 Å². The SMILES string of the molecule is C=C(C)NC(CCC)C(=O)NC(C)CSC/C=C(\C)CC/C=C(\C)CCC=C(C)C. The van der Waals surface area contributed by atoms with Crippen LogP contribution in [0.2, 0.25) is 0 Å². The summed E-state index contributed by atoms with van der Waals surface area (Å²) in [6, 6.07) is -0.0190. The molecule has 172 valence electrons. The van der Waals surface area contributed by atoms with Crippen molar-refractivity contribution in [2.75, 3.05) is 11.5 Å². The molecule has 2 unspecified atom stereocenters. The maximum atomic E-state index is 12.4. The lowest BCUT2D eigenvalue weighted by Gasteiger charge is -2.21. The van der Waals surface area contributed by atoms with Gasteiger partial charge < -0.3 is 10.6 Å². The number of nitrogens with one attached hydrogen (secondary N) is 2. The largest absolute Gasteiger partial charge is 0.378 e. The Morgan fingerprint density at radius 2 is 1.57 bits per heavy atom. The zero-order valence-corrected chi connectivity index (χ0v) is 21.4. The van der Waals surface area contributed by atoms with Gasteiger partial charge in [-0.3, -0.25) is 4.79 Å². The fourth-order valence-electron chi connectivity index (χ4n) is 3.02. The lowest BCUT2D eigenvalue weighted by molar-refractivity contribution is -0.123. The van der Waals surface area contributed by atoms with Gasteiger partial charge in [-0.15, -0.1) is 0 Å². The predicted octanol–water partition coefficient (Wildman–Crippen LogP) is 6.94. The Morgan fingerprint density at radius 1 is 0.967 bits per heavy atom. The minimum Gasteiger partial charge on any atom is -0.378 e. The van der Waals surface area contributed by atoms with Crippen molar-refractivity contribution in [2.45, 2.75) is 99.1 Å². The van der Waals surface area contributed by atoms with Gasteiger partial charge >= 0.3 is 0 Å². The van der Waals surface area contributed by atoms with Crippen LogP contribution < -0.4 is 10.6 Å². The molecule has 0 rings (SSSR count). The topological polar surface area (TPSA) is 41.1 Å². The second-order valence-corrected chi connectivity index (χ2v) is 9.75. The van der Waals surface area contributed by atoms with Gasteiger partial charge in [0.2, 0.25) is 5.91 Å². The van der Waals surface area contributed by atoms with Crippen LogP contribution in [0.15, 0.2) is 47.2 Å². The minimum atomic E-state index is -0.180. The van der Waals surface area contributed by atoms with E-state index in [0.29, 0.717) is 0 Å². The number of hydrogen-bond acceptors (Lipinski definition) is 3. The van der Waals surface area contributed by atoms with Gasteiger partial charge in [-0.05, 0) is 73.6 Å². The molecule has 0 aromatic rings. The van der Waals surface area contributed by atoms with Crippen molar-refractivity contribution in [1.82, 2.24) is 10.6 Å². The molecule has 0 radical (unpaired) electrons. The Bertz CT molecular complexity index is 600. The first-order valence-corrected chi connectivity index (χ1v) is 12.6. The first-order chi connectivity index (χ1) is 14.1. The van der Waals surface area contributed by atoms with E-state index in [1.807, 2.05) is 18.7 Å². The summed E-state index contributed by atoms with van der Waals surface area (Å²) >= 11 is 1.87. The molecular formula is C26H46N2OS. The molecule has 0 aliphatic heterocycles. The molecule has 0 aromatic carbocycles. The van der Waals surface area contributed by atoms with Crippen molar-refractivity contribution in [3.05, 3.63) is 47.2 Å². The van der Waals surface area contributed by atoms with Crippen molar-refractivity contribution in [1.29, 1.82) is 0 Å². The van der Waals surface area contributed by atoms with E-state index in [2.05, 4.69) is 77.0 Å². The molecule has 0 aliphatic carbocycles. The van der Waals surface area contributed by atoms with Crippen LogP contribution in [-0.2, 0) is 4.79 Å². The zero-order valence-electron chi connectivity index (χ0n) is 20.6. The normalized spacial score (nSPS) is 14.1. The smallest absolute Gasteiger partial charge is 0.242 e. The van der Waals surface area contributed by atoms with Gasteiger partial charge in [0.1, 0.15) is 6.04 Å². The summed E-state index contributed by atoms with van der Waals surface area (Å²) in [5, 5.41) is 6.31. The molecule has 4 heteroatoms. The monoisotopic (exact) mass is 434 g/mol. The molecule has 0 fully saturated rings. The first kappa shape index (κ1) is 28.6. The summed E-state index contributed by atoms with van der Waals surface area (Å²) in [4.78, 5) is 12.4. The number of thioether (sulfide) groups is 1. The molecule has 2 atom stereocenters. The second-order valence-electron chi connectivity index (χ2n) is 8.67. The summed E-state index contributed by atoms with van der Waals surface area (Å²) < 4.78 is 0. The summed E-state index contributed by atoms with van der Waals surface area (Å²) in [7, 11) is 0. The highest BCUT2D eigenvalue weighted by atomic mass is 32.2. The molecular weight excluding hydrogens is 388 g/mol. The third kappa shape index (κ3) is 16.4. The molecule has 0 aromatic heterocycles. The van der Waals surface area contributed by atoms with E-state index in [9.17, 15) is 4.79 Å². The maximum absolute atomic E-state index is 12.4. The zero-order chi connectivity index (χ0) is 22.9. The second kappa shape index (κ2) is 17.3. The lowest BCUT2D eigenvalue weighted by atomic mass is 10.1. The van der Waals surface area contributed by atoms with Gasteiger partial charge in [-0.1, -0.05) is 54.9 Å². The van der Waals surface area contributed by atoms with Gasteiger partial charge in [0.15, 0.2) is 0 Å². The average Bonchev–Trinajstić information content (AvgIpc) is 2.64. The van der Waals surface area contributed by atoms with Crippen LogP contribution in [0.25, 0.3) is 0 Å². The highest BCUT2D eigenvalue weighted by molar-refractivity contribution is 7.99.